The van der Waals surface area contributed by atoms with Crippen LogP contribution in [0.25, 0.3) is 6.08 Å². The average Bonchev–Trinajstić information content (AvgIpc) is 3.09. The number of hydrogen-bond acceptors (Lipinski definition) is 4. The first-order valence-electron chi connectivity index (χ1n) is 8.10. The van der Waals surface area contributed by atoms with Crippen LogP contribution in [0.4, 0.5) is 0 Å². The van der Waals surface area contributed by atoms with E-state index in [4.69, 9.17) is 9.52 Å². The summed E-state index contributed by atoms with van der Waals surface area (Å²) in [6.07, 6.45) is 3.63. The molecule has 0 saturated heterocycles. The summed E-state index contributed by atoms with van der Waals surface area (Å²) in [5.74, 6) is -1.40. The van der Waals surface area contributed by atoms with Crippen LogP contribution in [0.15, 0.2) is 47.0 Å². The monoisotopic (exact) mass is 354 g/mol. The maximum atomic E-state index is 12.4. The molecule has 0 fully saturated rings. The maximum Gasteiger partial charge on any atom is 0.371 e. The molecule has 0 bridgehead atoms. The molecule has 1 aliphatic heterocycles. The Morgan fingerprint density at radius 3 is 2.65 bits per heavy atom. The minimum atomic E-state index is -1.16. The lowest BCUT2D eigenvalue weighted by molar-refractivity contribution is -0.130. The van der Waals surface area contributed by atoms with E-state index in [1.807, 2.05) is 30.3 Å². The Labute approximate surface area is 149 Å². The van der Waals surface area contributed by atoms with Gasteiger partial charge in [-0.2, -0.15) is 0 Å². The fraction of sp³-hybridized carbons (Fsp3) is 0.211. The molecule has 1 aromatic carbocycles. The van der Waals surface area contributed by atoms with E-state index >= 15 is 0 Å². The van der Waals surface area contributed by atoms with Crippen molar-refractivity contribution in [1.29, 1.82) is 0 Å². The van der Waals surface area contributed by atoms with Gasteiger partial charge in [-0.15, -0.1) is 0 Å². The summed E-state index contributed by atoms with van der Waals surface area (Å²) in [6.45, 7) is 1.54. The predicted molar refractivity (Wildman–Crippen MR) is 92.9 cm³/mol. The molecule has 7 nitrogen and oxygen atoms in total. The first-order chi connectivity index (χ1) is 12.5. The molecule has 134 valence electrons. The van der Waals surface area contributed by atoms with Gasteiger partial charge in [-0.25, -0.2) is 4.79 Å². The van der Waals surface area contributed by atoms with Gasteiger partial charge < -0.3 is 19.7 Å². The van der Waals surface area contributed by atoms with Crippen LogP contribution >= 0.6 is 0 Å². The smallest absolute Gasteiger partial charge is 0.371 e. The number of amides is 2. The van der Waals surface area contributed by atoms with Crippen molar-refractivity contribution >= 4 is 23.9 Å². The summed E-state index contributed by atoms with van der Waals surface area (Å²) in [7, 11) is 0. The summed E-state index contributed by atoms with van der Waals surface area (Å²) in [5.41, 5.74) is 1.88. The Hall–Kier alpha value is -3.35. The number of hydrogen-bond donors (Lipinski definition) is 2. The van der Waals surface area contributed by atoms with Crippen LogP contribution in [0.5, 0.6) is 0 Å². The molecule has 0 spiro atoms. The van der Waals surface area contributed by atoms with Gasteiger partial charge in [-0.3, -0.25) is 9.59 Å². The third kappa shape index (κ3) is 3.66. The van der Waals surface area contributed by atoms with E-state index in [2.05, 4.69) is 5.32 Å². The molecule has 0 radical (unpaired) electrons. The molecular formula is C19H18N2O5. The molecule has 2 heterocycles. The second kappa shape index (κ2) is 7.26. The number of carboxylic acid groups (broad SMARTS) is 1. The molecular weight excluding hydrogens is 336 g/mol. The Morgan fingerprint density at radius 1 is 1.19 bits per heavy atom. The molecule has 0 aliphatic carbocycles. The van der Waals surface area contributed by atoms with E-state index in [9.17, 15) is 14.4 Å². The van der Waals surface area contributed by atoms with Gasteiger partial charge in [0.2, 0.25) is 17.6 Å². The number of nitrogens with one attached hydrogen (secondary N) is 1. The number of benzene rings is 1. The van der Waals surface area contributed by atoms with E-state index in [0.717, 1.165) is 11.1 Å². The van der Waals surface area contributed by atoms with E-state index < -0.39 is 5.97 Å². The zero-order valence-electron chi connectivity index (χ0n) is 14.1. The summed E-state index contributed by atoms with van der Waals surface area (Å²) >= 11 is 0. The summed E-state index contributed by atoms with van der Waals surface area (Å²) in [6, 6.07) is 10.1. The topological polar surface area (TPSA) is 99.9 Å². The molecule has 2 amide bonds. The van der Waals surface area contributed by atoms with Crippen LogP contribution in [-0.2, 0) is 16.1 Å². The third-order valence-electron chi connectivity index (χ3n) is 4.18. The van der Waals surface area contributed by atoms with Gasteiger partial charge in [0.25, 0.3) is 0 Å². The minimum absolute atomic E-state index is 0.0798. The molecule has 1 aliphatic rings. The van der Waals surface area contributed by atoms with Crippen molar-refractivity contribution in [1.82, 2.24) is 10.2 Å². The van der Waals surface area contributed by atoms with Crippen molar-refractivity contribution in [3.8, 4) is 0 Å². The third-order valence-corrected chi connectivity index (χ3v) is 4.18. The number of carbonyl (C=O) groups is 3. The molecule has 0 saturated carbocycles. The van der Waals surface area contributed by atoms with Crippen LogP contribution in [-0.4, -0.2) is 27.8 Å². The minimum Gasteiger partial charge on any atom is -0.475 e. The molecule has 1 aromatic heterocycles. The summed E-state index contributed by atoms with van der Waals surface area (Å²) in [5, 5.41) is 11.5. The van der Waals surface area contributed by atoms with E-state index in [-0.39, 0.29) is 36.6 Å². The Kier molecular flexibility index (Phi) is 4.88. The number of furan rings is 1. The quantitative estimate of drug-likeness (QED) is 0.859. The van der Waals surface area contributed by atoms with Crippen molar-refractivity contribution in [3.05, 3.63) is 65.2 Å². The molecule has 26 heavy (non-hydrogen) atoms. The Bertz CT molecular complexity index is 884. The number of nitrogens with zero attached hydrogens (tertiary/aromatic N) is 1. The number of fused-ring (bicyclic) bond motifs is 1. The summed E-state index contributed by atoms with van der Waals surface area (Å²) in [4.78, 5) is 36.6. The zero-order chi connectivity index (χ0) is 18.7. The van der Waals surface area contributed by atoms with Gasteiger partial charge in [0.05, 0.1) is 19.0 Å². The Balaban J connectivity index is 1.69. The van der Waals surface area contributed by atoms with Gasteiger partial charge in [-0.1, -0.05) is 24.3 Å². The molecule has 7 heteroatoms. The standard InChI is InChI=1S/C19H18N2O5/c1-12(22)21-9-8-13-4-2-3-5-15(13)16(21)10-18(23)20-11-14-6-7-17(26-14)19(24)25/h2-9,16H,10-11H2,1H3,(H,20,23)(H,24,25)/t16-/m0/s1. The van der Waals surface area contributed by atoms with Gasteiger partial charge >= 0.3 is 5.97 Å². The highest BCUT2D eigenvalue weighted by Gasteiger charge is 2.28. The number of aromatic carboxylic acids is 1. The fourth-order valence-electron chi connectivity index (χ4n) is 2.93. The van der Waals surface area contributed by atoms with E-state index in [1.165, 1.54) is 24.0 Å². The van der Waals surface area contributed by atoms with Crippen molar-refractivity contribution in [3.63, 3.8) is 0 Å². The predicted octanol–water partition coefficient (Wildman–Crippen LogP) is 2.56. The number of carbonyl (C=O) groups excluding carboxylic acids is 2. The van der Waals surface area contributed by atoms with Gasteiger partial charge in [0.15, 0.2) is 0 Å². The molecule has 2 N–H and O–H groups in total. The van der Waals surface area contributed by atoms with Gasteiger partial charge in [0, 0.05) is 13.1 Å². The lowest BCUT2D eigenvalue weighted by atomic mass is 9.93. The van der Waals surface area contributed by atoms with E-state index in [1.54, 1.807) is 6.20 Å². The second-order valence-corrected chi connectivity index (χ2v) is 5.94. The fourth-order valence-corrected chi connectivity index (χ4v) is 2.93. The largest absolute Gasteiger partial charge is 0.475 e. The van der Waals surface area contributed by atoms with Gasteiger partial charge in [0.1, 0.15) is 5.76 Å². The van der Waals surface area contributed by atoms with Crippen molar-refractivity contribution in [2.45, 2.75) is 25.9 Å². The first-order valence-corrected chi connectivity index (χ1v) is 8.10. The van der Waals surface area contributed by atoms with Crippen LogP contribution in [0.1, 0.15) is 46.8 Å². The maximum absolute atomic E-state index is 12.4. The van der Waals surface area contributed by atoms with Crippen molar-refractivity contribution in [2.24, 2.45) is 0 Å². The lowest BCUT2D eigenvalue weighted by Gasteiger charge is -2.32. The molecule has 1 atom stereocenters. The highest BCUT2D eigenvalue weighted by atomic mass is 16.4. The number of rotatable bonds is 5. The zero-order valence-corrected chi connectivity index (χ0v) is 14.1. The average molecular weight is 354 g/mol. The van der Waals surface area contributed by atoms with Crippen molar-refractivity contribution < 1.29 is 23.9 Å². The molecule has 0 unspecified atom stereocenters. The van der Waals surface area contributed by atoms with Crippen LogP contribution in [0, 0.1) is 0 Å². The highest BCUT2D eigenvalue weighted by molar-refractivity contribution is 5.84. The summed E-state index contributed by atoms with van der Waals surface area (Å²) < 4.78 is 5.11. The second-order valence-electron chi connectivity index (χ2n) is 5.94. The van der Waals surface area contributed by atoms with Crippen molar-refractivity contribution in [2.75, 3.05) is 0 Å². The van der Waals surface area contributed by atoms with Crippen LogP contribution in [0.3, 0.4) is 0 Å². The van der Waals surface area contributed by atoms with Crippen LogP contribution in [0.2, 0.25) is 0 Å². The highest BCUT2D eigenvalue weighted by Crippen LogP contribution is 2.32. The lowest BCUT2D eigenvalue weighted by Crippen LogP contribution is -2.35. The SMILES string of the molecule is CC(=O)N1C=Cc2ccccc2[C@@H]1CC(=O)NCc1ccc(C(=O)O)o1. The van der Waals surface area contributed by atoms with E-state index in [0.29, 0.717) is 5.76 Å². The molecule has 2 aromatic rings. The molecule has 3 rings (SSSR count). The first kappa shape index (κ1) is 17.5. The normalized spacial score (nSPS) is 15.4. The number of carboxylic acids is 1. The van der Waals surface area contributed by atoms with Gasteiger partial charge in [-0.05, 0) is 29.3 Å². The Morgan fingerprint density at radius 2 is 1.96 bits per heavy atom. The van der Waals surface area contributed by atoms with Crippen LogP contribution < -0.4 is 5.32 Å².